The first-order valence-electron chi connectivity index (χ1n) is 6.61. The molecule has 1 heterocycles. The van der Waals surface area contributed by atoms with Crippen LogP contribution in [0.5, 0.6) is 0 Å². The van der Waals surface area contributed by atoms with Gasteiger partial charge in [0.05, 0.1) is 11.4 Å². The van der Waals surface area contributed by atoms with Crippen molar-refractivity contribution in [1.29, 1.82) is 0 Å². The van der Waals surface area contributed by atoms with Crippen molar-refractivity contribution in [3.8, 4) is 0 Å². The molecule has 3 aromatic rings. The summed E-state index contributed by atoms with van der Waals surface area (Å²) >= 11 is 0. The van der Waals surface area contributed by atoms with E-state index in [2.05, 4.69) is 10.4 Å². The summed E-state index contributed by atoms with van der Waals surface area (Å²) in [5.41, 5.74) is 5.00. The molecule has 0 saturated heterocycles. The number of rotatable bonds is 4. The van der Waals surface area contributed by atoms with Crippen molar-refractivity contribution in [2.45, 2.75) is 0 Å². The number of aromatic nitrogens is 1. The number of nitrogens with one attached hydrogen (secondary N) is 1. The summed E-state index contributed by atoms with van der Waals surface area (Å²) in [4.78, 5) is 4.26. The number of benzene rings is 2. The lowest BCUT2D eigenvalue weighted by atomic mass is 10.2. The maximum Gasteiger partial charge on any atom is 0.144 e. The van der Waals surface area contributed by atoms with Gasteiger partial charge in [-0.1, -0.05) is 24.3 Å². The fraction of sp³-hybridized carbons (Fsp3) is 0. The fourth-order valence-electron chi connectivity index (χ4n) is 1.99. The molecular formula is C17H14FN3. The lowest BCUT2D eigenvalue weighted by Gasteiger charge is -2.26. The minimum atomic E-state index is -0.260. The highest BCUT2D eigenvalue weighted by atomic mass is 19.1. The van der Waals surface area contributed by atoms with Crippen LogP contribution in [0.3, 0.4) is 0 Å². The predicted octanol–water partition coefficient (Wildman–Crippen LogP) is 4.39. The molecule has 0 unspecified atom stereocenters. The third-order valence-electron chi connectivity index (χ3n) is 2.99. The van der Waals surface area contributed by atoms with Gasteiger partial charge in [-0.3, -0.25) is 10.4 Å². The zero-order valence-electron chi connectivity index (χ0n) is 11.3. The SMILES string of the molecule is Fc1ccc(N(Nc2ccccn2)c2ccccc2)cc1. The van der Waals surface area contributed by atoms with Crippen LogP contribution in [0.1, 0.15) is 0 Å². The molecule has 0 aliphatic rings. The van der Waals surface area contributed by atoms with Crippen molar-refractivity contribution in [3.63, 3.8) is 0 Å². The van der Waals surface area contributed by atoms with E-state index in [1.807, 2.05) is 53.5 Å². The number of anilines is 3. The Hall–Kier alpha value is -2.88. The van der Waals surface area contributed by atoms with Crippen molar-refractivity contribution in [1.82, 2.24) is 4.98 Å². The molecule has 0 saturated carbocycles. The Bertz CT molecular complexity index is 684. The molecule has 0 bridgehead atoms. The van der Waals surface area contributed by atoms with Gasteiger partial charge in [0.15, 0.2) is 0 Å². The number of halogens is 1. The zero-order chi connectivity index (χ0) is 14.5. The van der Waals surface area contributed by atoms with Gasteiger partial charge in [0, 0.05) is 6.20 Å². The molecule has 1 N–H and O–H groups in total. The number of para-hydroxylation sites is 1. The standard InChI is InChI=1S/C17H14FN3/c18-14-9-11-16(12-10-14)21(15-6-2-1-3-7-15)20-17-8-4-5-13-19-17/h1-13H,(H,19,20). The van der Waals surface area contributed by atoms with E-state index in [-0.39, 0.29) is 5.82 Å². The Morgan fingerprint density at radius 2 is 1.43 bits per heavy atom. The van der Waals surface area contributed by atoms with Crippen molar-refractivity contribution >= 4 is 17.2 Å². The molecule has 3 nitrogen and oxygen atoms in total. The molecule has 0 atom stereocenters. The van der Waals surface area contributed by atoms with Crippen LogP contribution < -0.4 is 10.4 Å². The van der Waals surface area contributed by atoms with E-state index < -0.39 is 0 Å². The number of hydrazine groups is 1. The largest absolute Gasteiger partial charge is 0.277 e. The highest BCUT2D eigenvalue weighted by molar-refractivity contribution is 5.66. The van der Waals surface area contributed by atoms with Crippen LogP contribution in [0.25, 0.3) is 0 Å². The smallest absolute Gasteiger partial charge is 0.144 e. The van der Waals surface area contributed by atoms with Gasteiger partial charge in [-0.2, -0.15) is 0 Å². The summed E-state index contributed by atoms with van der Waals surface area (Å²) < 4.78 is 13.1. The van der Waals surface area contributed by atoms with Crippen LogP contribution in [-0.4, -0.2) is 4.98 Å². The first-order valence-corrected chi connectivity index (χ1v) is 6.61. The summed E-state index contributed by atoms with van der Waals surface area (Å²) in [5.74, 6) is 0.454. The van der Waals surface area contributed by atoms with Gasteiger partial charge in [-0.05, 0) is 48.5 Å². The number of hydrogen-bond donors (Lipinski definition) is 1. The highest BCUT2D eigenvalue weighted by Gasteiger charge is 2.09. The van der Waals surface area contributed by atoms with Crippen molar-refractivity contribution in [2.75, 3.05) is 10.4 Å². The third-order valence-corrected chi connectivity index (χ3v) is 2.99. The normalized spacial score (nSPS) is 10.1. The summed E-state index contributed by atoms with van der Waals surface area (Å²) in [5, 5.41) is 1.86. The van der Waals surface area contributed by atoms with Gasteiger partial charge in [0.2, 0.25) is 0 Å². The predicted molar refractivity (Wildman–Crippen MR) is 82.8 cm³/mol. The van der Waals surface area contributed by atoms with E-state index in [1.165, 1.54) is 12.1 Å². The first kappa shape index (κ1) is 13.1. The molecule has 0 radical (unpaired) electrons. The molecule has 21 heavy (non-hydrogen) atoms. The Kier molecular flexibility index (Phi) is 3.78. The van der Waals surface area contributed by atoms with Crippen molar-refractivity contribution in [3.05, 3.63) is 84.8 Å². The van der Waals surface area contributed by atoms with E-state index in [4.69, 9.17) is 0 Å². The Labute approximate surface area is 122 Å². The fourth-order valence-corrected chi connectivity index (χ4v) is 1.99. The van der Waals surface area contributed by atoms with Crippen LogP contribution >= 0.6 is 0 Å². The maximum atomic E-state index is 13.1. The average Bonchev–Trinajstić information content (AvgIpc) is 2.55. The van der Waals surface area contributed by atoms with Crippen LogP contribution in [0.15, 0.2) is 79.0 Å². The molecule has 104 valence electrons. The molecule has 0 fully saturated rings. The summed E-state index contributed by atoms with van der Waals surface area (Å²) in [7, 11) is 0. The van der Waals surface area contributed by atoms with Crippen LogP contribution in [0.2, 0.25) is 0 Å². The van der Waals surface area contributed by atoms with E-state index in [9.17, 15) is 4.39 Å². The molecule has 0 spiro atoms. The second kappa shape index (κ2) is 6.05. The lowest BCUT2D eigenvalue weighted by Crippen LogP contribution is -2.24. The monoisotopic (exact) mass is 279 g/mol. The number of nitrogens with zero attached hydrogens (tertiary/aromatic N) is 2. The van der Waals surface area contributed by atoms with Gasteiger partial charge in [-0.25, -0.2) is 9.37 Å². The summed E-state index contributed by atoms with van der Waals surface area (Å²) in [6, 6.07) is 21.7. The van der Waals surface area contributed by atoms with Gasteiger partial charge >= 0.3 is 0 Å². The van der Waals surface area contributed by atoms with E-state index >= 15 is 0 Å². The molecular weight excluding hydrogens is 265 g/mol. The van der Waals surface area contributed by atoms with Gasteiger partial charge < -0.3 is 0 Å². The second-order valence-corrected chi connectivity index (χ2v) is 4.47. The Balaban J connectivity index is 1.97. The Morgan fingerprint density at radius 3 is 2.10 bits per heavy atom. The lowest BCUT2D eigenvalue weighted by molar-refractivity contribution is 0.628. The molecule has 1 aromatic heterocycles. The van der Waals surface area contributed by atoms with E-state index in [1.54, 1.807) is 18.3 Å². The van der Waals surface area contributed by atoms with Gasteiger partial charge in [0.25, 0.3) is 0 Å². The van der Waals surface area contributed by atoms with E-state index in [0.29, 0.717) is 5.82 Å². The number of hydrogen-bond acceptors (Lipinski definition) is 3. The Morgan fingerprint density at radius 1 is 0.762 bits per heavy atom. The summed E-state index contributed by atoms with van der Waals surface area (Å²) in [6.45, 7) is 0. The van der Waals surface area contributed by atoms with Gasteiger partial charge in [-0.15, -0.1) is 0 Å². The highest BCUT2D eigenvalue weighted by Crippen LogP contribution is 2.25. The van der Waals surface area contributed by atoms with Crippen LogP contribution in [0, 0.1) is 5.82 Å². The van der Waals surface area contributed by atoms with Gasteiger partial charge in [0.1, 0.15) is 11.6 Å². The number of pyridine rings is 1. The third kappa shape index (κ3) is 3.17. The average molecular weight is 279 g/mol. The molecule has 2 aromatic carbocycles. The minimum absolute atomic E-state index is 0.260. The first-order chi connectivity index (χ1) is 10.3. The van der Waals surface area contributed by atoms with Crippen molar-refractivity contribution < 1.29 is 4.39 Å². The molecule has 4 heteroatoms. The van der Waals surface area contributed by atoms with Crippen LogP contribution in [-0.2, 0) is 0 Å². The molecule has 0 aliphatic carbocycles. The topological polar surface area (TPSA) is 28.2 Å². The molecule has 0 aliphatic heterocycles. The van der Waals surface area contributed by atoms with E-state index in [0.717, 1.165) is 11.4 Å². The van der Waals surface area contributed by atoms with Crippen molar-refractivity contribution in [2.24, 2.45) is 0 Å². The second-order valence-electron chi connectivity index (χ2n) is 4.47. The zero-order valence-corrected chi connectivity index (χ0v) is 11.3. The quantitative estimate of drug-likeness (QED) is 0.718. The maximum absolute atomic E-state index is 13.1. The van der Waals surface area contributed by atoms with Crippen LogP contribution in [0.4, 0.5) is 21.6 Å². The summed E-state index contributed by atoms with van der Waals surface area (Å²) in [6.07, 6.45) is 1.72. The molecule has 3 rings (SSSR count). The minimum Gasteiger partial charge on any atom is -0.277 e. The molecule has 0 amide bonds.